The van der Waals surface area contributed by atoms with Gasteiger partial charge < -0.3 is 18.9 Å². The Morgan fingerprint density at radius 3 is 0.896 bits per heavy atom. The van der Waals surface area contributed by atoms with E-state index in [2.05, 4.69) is 0 Å². The Kier molecular flexibility index (Phi) is 13.1. The van der Waals surface area contributed by atoms with Gasteiger partial charge in [-0.3, -0.25) is 19.2 Å². The number of hydrogen-bond acceptors (Lipinski definition) is 8. The molecule has 0 amide bonds. The summed E-state index contributed by atoms with van der Waals surface area (Å²) in [5.74, 6) is -8.58. The molecule has 4 aromatic carbocycles. The summed E-state index contributed by atoms with van der Waals surface area (Å²) in [4.78, 5) is 55.2. The molecule has 48 heavy (non-hydrogen) atoms. The first-order valence-corrected chi connectivity index (χ1v) is 16.3. The quantitative estimate of drug-likeness (QED) is 0.0746. The van der Waals surface area contributed by atoms with Gasteiger partial charge in [-0.2, -0.15) is 0 Å². The largest absolute Gasteiger partial charge is 0.465 e. The molecule has 4 rings (SSSR count). The Hall–Kier alpha value is -5.24. The van der Waals surface area contributed by atoms with Gasteiger partial charge in [0.2, 0.25) is 0 Å². The second-order valence-electron chi connectivity index (χ2n) is 11.0. The number of carbonyl (C=O) groups is 4. The maximum absolute atomic E-state index is 13.8. The van der Waals surface area contributed by atoms with Crippen LogP contribution in [0.3, 0.4) is 0 Å². The van der Waals surface area contributed by atoms with Crippen molar-refractivity contribution in [3.8, 4) is 22.3 Å². The molecule has 250 valence electrons. The third-order valence-corrected chi connectivity index (χ3v) is 8.07. The fourth-order valence-electron chi connectivity index (χ4n) is 5.98. The van der Waals surface area contributed by atoms with E-state index in [9.17, 15) is 19.2 Å². The Morgan fingerprint density at radius 2 is 0.646 bits per heavy atom. The molecule has 0 saturated heterocycles. The van der Waals surface area contributed by atoms with Gasteiger partial charge in [0, 0.05) is 11.8 Å². The molecule has 0 aliphatic rings. The number of hydrogen-bond donors (Lipinski definition) is 0. The highest BCUT2D eigenvalue weighted by Gasteiger charge is 2.50. The molecule has 0 bridgehead atoms. The predicted molar refractivity (Wildman–Crippen MR) is 183 cm³/mol. The van der Waals surface area contributed by atoms with Crippen LogP contribution in [0.25, 0.3) is 22.3 Å². The third kappa shape index (κ3) is 8.56. The van der Waals surface area contributed by atoms with Crippen molar-refractivity contribution in [3.63, 3.8) is 0 Å². The van der Waals surface area contributed by atoms with Crippen LogP contribution in [0.5, 0.6) is 0 Å². The van der Waals surface area contributed by atoms with Crippen LogP contribution in [0.4, 0.5) is 0 Å². The van der Waals surface area contributed by atoms with E-state index in [1.807, 2.05) is 84.9 Å². The molecule has 0 heterocycles. The van der Waals surface area contributed by atoms with Gasteiger partial charge in [0.15, 0.2) is 11.8 Å². The minimum atomic E-state index is -1.53. The summed E-state index contributed by atoms with van der Waals surface area (Å²) in [7, 11) is 0. The lowest BCUT2D eigenvalue weighted by molar-refractivity contribution is -0.169. The van der Waals surface area contributed by atoms with Gasteiger partial charge in [0.05, 0.1) is 26.4 Å². The zero-order valence-electron chi connectivity index (χ0n) is 27.8. The van der Waals surface area contributed by atoms with Crippen LogP contribution in [0.1, 0.15) is 50.7 Å². The van der Waals surface area contributed by atoms with Crippen molar-refractivity contribution in [1.29, 1.82) is 0 Å². The molecule has 0 radical (unpaired) electrons. The first-order valence-electron chi connectivity index (χ1n) is 16.3. The molecule has 0 aliphatic heterocycles. The fourth-order valence-corrected chi connectivity index (χ4v) is 5.98. The van der Waals surface area contributed by atoms with Gasteiger partial charge in [-0.15, -0.1) is 0 Å². The van der Waals surface area contributed by atoms with E-state index in [0.29, 0.717) is 11.1 Å². The minimum absolute atomic E-state index is 0.00399. The molecular weight excluding hydrogens is 608 g/mol. The highest BCUT2D eigenvalue weighted by Crippen LogP contribution is 2.46. The lowest BCUT2D eigenvalue weighted by atomic mass is 9.68. The summed E-state index contributed by atoms with van der Waals surface area (Å²) < 4.78 is 21.8. The lowest BCUT2D eigenvalue weighted by Gasteiger charge is -2.35. The van der Waals surface area contributed by atoms with Gasteiger partial charge in [0.25, 0.3) is 0 Å². The minimum Gasteiger partial charge on any atom is -0.465 e. The van der Waals surface area contributed by atoms with Crippen LogP contribution in [0.15, 0.2) is 109 Å². The first-order chi connectivity index (χ1) is 23.3. The highest BCUT2D eigenvalue weighted by molar-refractivity contribution is 5.99. The number of carbonyl (C=O) groups excluding carboxylic acids is 4. The molecular formula is C40H42O8. The van der Waals surface area contributed by atoms with Crippen molar-refractivity contribution >= 4 is 23.9 Å². The lowest BCUT2D eigenvalue weighted by Crippen LogP contribution is -2.42. The molecule has 0 fully saturated rings. The Balaban J connectivity index is 2.00. The number of rotatable bonds is 15. The van der Waals surface area contributed by atoms with Crippen LogP contribution in [0.2, 0.25) is 0 Å². The van der Waals surface area contributed by atoms with Gasteiger partial charge in [-0.25, -0.2) is 0 Å². The molecule has 8 heteroatoms. The van der Waals surface area contributed by atoms with Crippen LogP contribution >= 0.6 is 0 Å². The molecule has 0 spiro atoms. The molecule has 0 aliphatic carbocycles. The van der Waals surface area contributed by atoms with Crippen LogP contribution in [-0.2, 0) is 38.1 Å². The number of benzene rings is 4. The van der Waals surface area contributed by atoms with Gasteiger partial charge in [-0.05, 0) is 61.1 Å². The summed E-state index contributed by atoms with van der Waals surface area (Å²) in [5, 5.41) is 0. The smallest absolute Gasteiger partial charge is 0.320 e. The third-order valence-electron chi connectivity index (χ3n) is 8.07. The average molecular weight is 651 g/mol. The Labute approximate surface area is 282 Å². The first kappa shape index (κ1) is 35.6. The Bertz CT molecular complexity index is 1470. The van der Waals surface area contributed by atoms with Gasteiger partial charge in [-0.1, -0.05) is 109 Å². The van der Waals surface area contributed by atoms with Crippen molar-refractivity contribution in [2.45, 2.75) is 39.5 Å². The average Bonchev–Trinajstić information content (AvgIpc) is 3.11. The predicted octanol–water partition coefficient (Wildman–Crippen LogP) is 7.37. The SMILES string of the molecule is CCOC(=O)C(C(=O)OCC)[C@@H](c1ccc(-c2ccccc2)cc1)[C@H](c1ccc(-c2ccccc2)cc1)C(C(=O)OCC)C(=O)OCC. The van der Waals surface area contributed by atoms with E-state index in [4.69, 9.17) is 18.9 Å². The summed E-state index contributed by atoms with van der Waals surface area (Å²) in [6.07, 6.45) is 0. The fraction of sp³-hybridized carbons (Fsp3) is 0.300. The second-order valence-corrected chi connectivity index (χ2v) is 11.0. The molecule has 8 nitrogen and oxygen atoms in total. The topological polar surface area (TPSA) is 105 Å². The van der Waals surface area contributed by atoms with Gasteiger partial charge in [0.1, 0.15) is 0 Å². The van der Waals surface area contributed by atoms with Crippen LogP contribution in [0, 0.1) is 11.8 Å². The molecule has 4 aromatic rings. The molecule has 0 N–H and O–H groups in total. The van der Waals surface area contributed by atoms with Crippen LogP contribution < -0.4 is 0 Å². The molecule has 0 saturated carbocycles. The molecule has 0 aromatic heterocycles. The van der Waals surface area contributed by atoms with Crippen molar-refractivity contribution in [2.75, 3.05) is 26.4 Å². The van der Waals surface area contributed by atoms with Crippen molar-refractivity contribution in [1.82, 2.24) is 0 Å². The van der Waals surface area contributed by atoms with E-state index >= 15 is 0 Å². The maximum atomic E-state index is 13.8. The monoisotopic (exact) mass is 650 g/mol. The van der Waals surface area contributed by atoms with Crippen molar-refractivity contribution in [2.24, 2.45) is 11.8 Å². The van der Waals surface area contributed by atoms with E-state index in [1.54, 1.807) is 52.0 Å². The zero-order valence-corrected chi connectivity index (χ0v) is 27.8. The van der Waals surface area contributed by atoms with E-state index in [-0.39, 0.29) is 26.4 Å². The van der Waals surface area contributed by atoms with E-state index in [0.717, 1.165) is 22.3 Å². The summed E-state index contributed by atoms with van der Waals surface area (Å²) in [5.41, 5.74) is 4.79. The van der Waals surface area contributed by atoms with Gasteiger partial charge >= 0.3 is 23.9 Å². The number of ether oxygens (including phenoxy) is 4. The molecule has 0 unspecified atom stereocenters. The normalized spacial score (nSPS) is 12.2. The molecule has 2 atom stereocenters. The summed E-state index contributed by atoms with van der Waals surface area (Å²) in [6, 6.07) is 34.2. The number of esters is 4. The van der Waals surface area contributed by atoms with E-state index < -0.39 is 47.5 Å². The van der Waals surface area contributed by atoms with Crippen molar-refractivity contribution in [3.05, 3.63) is 120 Å². The maximum Gasteiger partial charge on any atom is 0.320 e. The van der Waals surface area contributed by atoms with Crippen LogP contribution in [-0.4, -0.2) is 50.3 Å². The zero-order chi connectivity index (χ0) is 34.5. The Morgan fingerprint density at radius 1 is 0.396 bits per heavy atom. The summed E-state index contributed by atoms with van der Waals surface area (Å²) >= 11 is 0. The standard InChI is InChI=1S/C40H42O8/c1-5-45-37(41)35(38(42)46-6-2)33(31-23-19-29(20-24-31)27-15-11-9-12-16-27)34(36(39(43)47-7-3)40(44)48-8-4)32-25-21-30(22-26-32)28-17-13-10-14-18-28/h9-26,33-36H,5-8H2,1-4H3/t33-,34-/m0/s1. The van der Waals surface area contributed by atoms with Crippen molar-refractivity contribution < 1.29 is 38.1 Å². The van der Waals surface area contributed by atoms with E-state index in [1.165, 1.54) is 0 Å². The summed E-state index contributed by atoms with van der Waals surface area (Å²) in [6.45, 7) is 6.59. The second kappa shape index (κ2) is 17.6. The highest BCUT2D eigenvalue weighted by atomic mass is 16.6.